The van der Waals surface area contributed by atoms with Crippen molar-refractivity contribution < 1.29 is 19.1 Å². The van der Waals surface area contributed by atoms with E-state index >= 15 is 0 Å². The second-order valence-corrected chi connectivity index (χ2v) is 7.89. The summed E-state index contributed by atoms with van der Waals surface area (Å²) in [4.78, 5) is 30.4. The maximum atomic E-state index is 12.5. The number of aromatic nitrogens is 1. The largest absolute Gasteiger partial charge is 0.493 e. The molecule has 30 heavy (non-hydrogen) atoms. The summed E-state index contributed by atoms with van der Waals surface area (Å²) in [5, 5.41) is 2.80. The molecule has 0 bridgehead atoms. The summed E-state index contributed by atoms with van der Waals surface area (Å²) in [7, 11) is 1.64. The lowest BCUT2D eigenvalue weighted by Crippen LogP contribution is -2.34. The number of pyridine rings is 1. The summed E-state index contributed by atoms with van der Waals surface area (Å²) in [5.41, 5.74) is 1.70. The van der Waals surface area contributed by atoms with Crippen molar-refractivity contribution in [1.29, 1.82) is 0 Å². The first kappa shape index (κ1) is 20.2. The molecule has 2 aliphatic rings. The van der Waals surface area contributed by atoms with Crippen LogP contribution in [0.15, 0.2) is 42.7 Å². The van der Waals surface area contributed by atoms with E-state index in [4.69, 9.17) is 9.47 Å². The van der Waals surface area contributed by atoms with Gasteiger partial charge in [-0.25, -0.2) is 0 Å². The number of hydrogen-bond donors (Lipinski definition) is 1. The van der Waals surface area contributed by atoms with Crippen molar-refractivity contribution in [3.05, 3.63) is 48.3 Å². The number of amides is 2. The van der Waals surface area contributed by atoms with Gasteiger partial charge in [-0.2, -0.15) is 0 Å². The first-order valence-electron chi connectivity index (χ1n) is 10.4. The van der Waals surface area contributed by atoms with Gasteiger partial charge in [0, 0.05) is 37.0 Å². The normalized spacial score (nSPS) is 19.2. The molecule has 7 heteroatoms. The first-order valence-corrected chi connectivity index (χ1v) is 10.4. The van der Waals surface area contributed by atoms with Crippen molar-refractivity contribution in [1.82, 2.24) is 9.88 Å². The molecule has 1 saturated heterocycles. The Morgan fingerprint density at radius 3 is 2.67 bits per heavy atom. The van der Waals surface area contributed by atoms with Crippen molar-refractivity contribution in [2.75, 3.05) is 25.5 Å². The minimum Gasteiger partial charge on any atom is -0.493 e. The van der Waals surface area contributed by atoms with Crippen LogP contribution in [0.5, 0.6) is 11.5 Å². The number of nitrogens with zero attached hydrogens (tertiary/aromatic N) is 2. The van der Waals surface area contributed by atoms with Crippen molar-refractivity contribution in [2.45, 2.75) is 44.1 Å². The Bertz CT molecular complexity index is 897. The third-order valence-electron chi connectivity index (χ3n) is 5.77. The number of anilines is 1. The zero-order valence-corrected chi connectivity index (χ0v) is 17.2. The number of rotatable bonds is 7. The zero-order valence-electron chi connectivity index (χ0n) is 17.2. The second-order valence-electron chi connectivity index (χ2n) is 7.89. The molecule has 7 nitrogen and oxygen atoms in total. The van der Waals surface area contributed by atoms with Gasteiger partial charge in [0.25, 0.3) is 0 Å². The molecule has 0 spiro atoms. The molecule has 1 aliphatic heterocycles. The lowest BCUT2D eigenvalue weighted by Gasteiger charge is -2.19. The quantitative estimate of drug-likeness (QED) is 0.758. The van der Waals surface area contributed by atoms with Gasteiger partial charge < -0.3 is 19.7 Å². The minimum absolute atomic E-state index is 0.0149. The average molecular weight is 409 g/mol. The van der Waals surface area contributed by atoms with Gasteiger partial charge in [0.15, 0.2) is 11.5 Å². The van der Waals surface area contributed by atoms with E-state index in [1.165, 1.54) is 12.8 Å². The standard InChI is InChI=1S/C23H27N3O4/c1-29-20-7-6-16(12-21(20)30-19-4-2-3-5-19)17-13-23(28)26(14-17)15-22(27)25-18-8-10-24-11-9-18/h6-12,17,19H,2-5,13-15H2,1H3,(H,24,25,27). The predicted molar refractivity (Wildman–Crippen MR) is 113 cm³/mol. The molecule has 2 aromatic rings. The van der Waals surface area contributed by atoms with Gasteiger partial charge in [0.2, 0.25) is 11.8 Å². The first-order chi connectivity index (χ1) is 14.6. The maximum absolute atomic E-state index is 12.5. The molecular weight excluding hydrogens is 382 g/mol. The number of likely N-dealkylation sites (tertiary alicyclic amines) is 1. The van der Waals surface area contributed by atoms with Crippen molar-refractivity contribution in [3.63, 3.8) is 0 Å². The molecule has 2 amide bonds. The van der Waals surface area contributed by atoms with Gasteiger partial charge in [-0.3, -0.25) is 14.6 Å². The van der Waals surface area contributed by atoms with Crippen LogP contribution >= 0.6 is 0 Å². The highest BCUT2D eigenvalue weighted by Gasteiger charge is 2.32. The number of methoxy groups -OCH3 is 1. The van der Waals surface area contributed by atoms with Crippen molar-refractivity contribution in [2.24, 2.45) is 0 Å². The van der Waals surface area contributed by atoms with Crippen LogP contribution in [-0.2, 0) is 9.59 Å². The van der Waals surface area contributed by atoms with E-state index in [1.54, 1.807) is 36.5 Å². The van der Waals surface area contributed by atoms with Gasteiger partial charge in [-0.1, -0.05) is 6.07 Å². The van der Waals surface area contributed by atoms with Crippen LogP contribution in [0, 0.1) is 0 Å². The number of nitrogens with one attached hydrogen (secondary N) is 1. The zero-order chi connectivity index (χ0) is 20.9. The summed E-state index contributed by atoms with van der Waals surface area (Å²) >= 11 is 0. The van der Waals surface area contributed by atoms with Crippen LogP contribution in [0.2, 0.25) is 0 Å². The molecule has 2 fully saturated rings. The van der Waals surface area contributed by atoms with E-state index in [-0.39, 0.29) is 30.4 Å². The fraction of sp³-hybridized carbons (Fsp3) is 0.435. The molecule has 1 aliphatic carbocycles. The topological polar surface area (TPSA) is 80.8 Å². The van der Waals surface area contributed by atoms with E-state index in [0.717, 1.165) is 24.2 Å². The van der Waals surface area contributed by atoms with E-state index in [2.05, 4.69) is 10.3 Å². The molecular formula is C23H27N3O4. The van der Waals surface area contributed by atoms with Crippen molar-refractivity contribution >= 4 is 17.5 Å². The predicted octanol–water partition coefficient (Wildman–Crippen LogP) is 3.37. The average Bonchev–Trinajstić information content (AvgIpc) is 3.39. The van der Waals surface area contributed by atoms with E-state index < -0.39 is 0 Å². The Hall–Kier alpha value is -3.09. The maximum Gasteiger partial charge on any atom is 0.243 e. The molecule has 1 aromatic carbocycles. The van der Waals surface area contributed by atoms with Crippen LogP contribution in [0.3, 0.4) is 0 Å². The molecule has 1 unspecified atom stereocenters. The van der Waals surface area contributed by atoms with Gasteiger partial charge in [-0.15, -0.1) is 0 Å². The summed E-state index contributed by atoms with van der Waals surface area (Å²) in [6.45, 7) is 0.553. The Morgan fingerprint density at radius 2 is 1.93 bits per heavy atom. The van der Waals surface area contributed by atoms with Crippen LogP contribution in [0.4, 0.5) is 5.69 Å². The van der Waals surface area contributed by atoms with Gasteiger partial charge >= 0.3 is 0 Å². The molecule has 1 atom stereocenters. The molecule has 1 saturated carbocycles. The highest BCUT2D eigenvalue weighted by Crippen LogP contribution is 2.37. The van der Waals surface area contributed by atoms with Crippen molar-refractivity contribution in [3.8, 4) is 11.5 Å². The fourth-order valence-electron chi connectivity index (χ4n) is 4.18. The smallest absolute Gasteiger partial charge is 0.243 e. The third-order valence-corrected chi connectivity index (χ3v) is 5.77. The minimum atomic E-state index is -0.213. The number of benzene rings is 1. The molecule has 0 radical (unpaired) electrons. The van der Waals surface area contributed by atoms with Gasteiger partial charge in [0.1, 0.15) is 0 Å². The van der Waals surface area contributed by atoms with Crippen LogP contribution in [-0.4, -0.2) is 48.0 Å². The SMILES string of the molecule is COc1ccc(C2CC(=O)N(CC(=O)Nc3ccncc3)C2)cc1OC1CCCC1. The Balaban J connectivity index is 1.41. The number of carbonyl (C=O) groups excluding carboxylic acids is 2. The summed E-state index contributed by atoms with van der Waals surface area (Å²) in [5.74, 6) is 1.25. The highest BCUT2D eigenvalue weighted by atomic mass is 16.5. The monoisotopic (exact) mass is 409 g/mol. The molecule has 1 N–H and O–H groups in total. The van der Waals surface area contributed by atoms with Crippen LogP contribution < -0.4 is 14.8 Å². The van der Waals surface area contributed by atoms with E-state index in [9.17, 15) is 9.59 Å². The summed E-state index contributed by atoms with van der Waals surface area (Å²) in [6, 6.07) is 9.32. The van der Waals surface area contributed by atoms with E-state index in [1.807, 2.05) is 18.2 Å². The number of hydrogen-bond acceptors (Lipinski definition) is 5. The summed E-state index contributed by atoms with van der Waals surface area (Å²) < 4.78 is 11.7. The molecule has 158 valence electrons. The second kappa shape index (κ2) is 9.15. The third kappa shape index (κ3) is 4.72. The number of carbonyl (C=O) groups is 2. The molecule has 1 aromatic heterocycles. The Labute approximate surface area is 176 Å². The fourth-order valence-corrected chi connectivity index (χ4v) is 4.18. The Kier molecular flexibility index (Phi) is 6.16. The van der Waals surface area contributed by atoms with Crippen LogP contribution in [0.1, 0.15) is 43.6 Å². The van der Waals surface area contributed by atoms with Gasteiger partial charge in [0.05, 0.1) is 19.8 Å². The number of ether oxygens (including phenoxy) is 2. The lowest BCUT2D eigenvalue weighted by molar-refractivity contribution is -0.131. The Morgan fingerprint density at radius 1 is 1.17 bits per heavy atom. The van der Waals surface area contributed by atoms with E-state index in [0.29, 0.717) is 24.4 Å². The summed E-state index contributed by atoms with van der Waals surface area (Å²) in [6.07, 6.45) is 8.36. The highest BCUT2D eigenvalue weighted by molar-refractivity contribution is 5.95. The van der Waals surface area contributed by atoms with Gasteiger partial charge in [-0.05, 0) is 55.5 Å². The lowest BCUT2D eigenvalue weighted by atomic mass is 9.98. The molecule has 2 heterocycles. The van der Waals surface area contributed by atoms with Crippen LogP contribution in [0.25, 0.3) is 0 Å². The molecule has 4 rings (SSSR count).